The third-order valence-corrected chi connectivity index (χ3v) is 6.23. The van der Waals surface area contributed by atoms with E-state index in [0.29, 0.717) is 25.1 Å². The number of hydrogen-bond donors (Lipinski definition) is 3. The summed E-state index contributed by atoms with van der Waals surface area (Å²) in [4.78, 5) is 49.3. The van der Waals surface area contributed by atoms with Crippen molar-refractivity contribution >= 4 is 29.4 Å². The molecule has 10 heteroatoms. The van der Waals surface area contributed by atoms with E-state index < -0.39 is 11.9 Å². The second kappa shape index (κ2) is 8.54. The van der Waals surface area contributed by atoms with Gasteiger partial charge >= 0.3 is 0 Å². The van der Waals surface area contributed by atoms with Crippen molar-refractivity contribution in [3.63, 3.8) is 0 Å². The van der Waals surface area contributed by atoms with Gasteiger partial charge in [0.25, 0.3) is 5.91 Å². The quantitative estimate of drug-likeness (QED) is 0.572. The Balaban J connectivity index is 1.30. The minimum Gasteiger partial charge on any atom is -0.366 e. The zero-order valence-corrected chi connectivity index (χ0v) is 17.6. The van der Waals surface area contributed by atoms with E-state index in [1.54, 1.807) is 17.3 Å². The first-order valence-electron chi connectivity index (χ1n) is 10.9. The molecular weight excluding hydrogens is 410 g/mol. The number of piperazine rings is 1. The Bertz CT molecular complexity index is 1070. The molecule has 1 aromatic heterocycles. The molecule has 0 saturated carbocycles. The van der Waals surface area contributed by atoms with E-state index in [4.69, 9.17) is 0 Å². The number of anilines is 2. The Morgan fingerprint density at radius 1 is 1.12 bits per heavy atom. The van der Waals surface area contributed by atoms with E-state index in [1.807, 2.05) is 18.2 Å². The van der Waals surface area contributed by atoms with E-state index in [2.05, 4.69) is 30.8 Å². The summed E-state index contributed by atoms with van der Waals surface area (Å²) in [5.74, 6) is 0.757. The molecule has 32 heavy (non-hydrogen) atoms. The third-order valence-electron chi connectivity index (χ3n) is 6.23. The van der Waals surface area contributed by atoms with Crippen molar-refractivity contribution in [1.82, 2.24) is 25.5 Å². The zero-order chi connectivity index (χ0) is 22.1. The van der Waals surface area contributed by atoms with E-state index in [0.717, 1.165) is 48.9 Å². The number of carbonyl (C=O) groups is 3. The molecule has 1 aromatic carbocycles. The molecule has 4 heterocycles. The lowest BCUT2D eigenvalue weighted by Gasteiger charge is -2.29. The second-order valence-electron chi connectivity index (χ2n) is 8.20. The van der Waals surface area contributed by atoms with E-state index in [9.17, 15) is 14.4 Å². The van der Waals surface area contributed by atoms with Crippen LogP contribution < -0.4 is 20.9 Å². The first-order valence-corrected chi connectivity index (χ1v) is 10.9. The number of fused-ring (bicyclic) bond motifs is 1. The molecule has 2 aromatic rings. The summed E-state index contributed by atoms with van der Waals surface area (Å²) in [6, 6.07) is 6.95. The van der Waals surface area contributed by atoms with Crippen LogP contribution in [0.3, 0.4) is 0 Å². The van der Waals surface area contributed by atoms with Crippen LogP contribution in [0.4, 0.5) is 11.6 Å². The number of benzene rings is 1. The lowest BCUT2D eigenvalue weighted by Crippen LogP contribution is -2.52. The van der Waals surface area contributed by atoms with Crippen molar-refractivity contribution in [3.8, 4) is 0 Å². The van der Waals surface area contributed by atoms with Crippen LogP contribution in [0.15, 0.2) is 30.6 Å². The predicted octanol–water partition coefficient (Wildman–Crippen LogP) is 0.259. The van der Waals surface area contributed by atoms with Crippen LogP contribution in [0.5, 0.6) is 0 Å². The van der Waals surface area contributed by atoms with Gasteiger partial charge in [0.2, 0.25) is 11.8 Å². The summed E-state index contributed by atoms with van der Waals surface area (Å²) < 4.78 is 0. The average molecular weight is 435 g/mol. The Kier molecular flexibility index (Phi) is 5.44. The molecule has 5 rings (SSSR count). The molecule has 166 valence electrons. The van der Waals surface area contributed by atoms with Gasteiger partial charge in [0.15, 0.2) is 0 Å². The fraction of sp³-hybridized carbons (Fsp3) is 0.409. The van der Waals surface area contributed by atoms with Crippen LogP contribution in [0.1, 0.15) is 34.3 Å². The summed E-state index contributed by atoms with van der Waals surface area (Å²) in [6.45, 7) is 4.52. The van der Waals surface area contributed by atoms with E-state index in [-0.39, 0.29) is 18.2 Å². The Labute approximate surface area is 185 Å². The molecule has 10 nitrogen and oxygen atoms in total. The molecule has 3 amide bonds. The van der Waals surface area contributed by atoms with Gasteiger partial charge in [-0.05, 0) is 23.6 Å². The van der Waals surface area contributed by atoms with Crippen LogP contribution >= 0.6 is 0 Å². The first-order chi connectivity index (χ1) is 15.6. The summed E-state index contributed by atoms with van der Waals surface area (Å²) in [5, 5.41) is 9.02. The second-order valence-corrected chi connectivity index (χ2v) is 8.20. The van der Waals surface area contributed by atoms with Crippen molar-refractivity contribution in [3.05, 3.63) is 47.3 Å². The number of piperidine rings is 1. The van der Waals surface area contributed by atoms with Crippen LogP contribution in [0.2, 0.25) is 0 Å². The van der Waals surface area contributed by atoms with Crippen LogP contribution in [-0.4, -0.2) is 64.8 Å². The normalized spacial score (nSPS) is 20.9. The SMILES string of the molecule is O=C1CCC(N2Cc3c(CNc4cc(N5CCNCC5)ncn4)cccc3C2=O)C(=O)N1. The standard InChI is InChI=1S/C22H25N7O3/c30-20-5-4-17(21(31)27-20)29-12-16-14(2-1-3-15(16)22(29)32)11-24-18-10-19(26-13-25-18)28-8-6-23-7-9-28/h1-3,10,13,17,23H,4-9,11-12H2,(H,24,25,26)(H,27,30,31). The molecule has 3 aliphatic heterocycles. The molecule has 0 bridgehead atoms. The number of nitrogens with one attached hydrogen (secondary N) is 3. The van der Waals surface area contributed by atoms with Crippen molar-refractivity contribution in [2.75, 3.05) is 36.4 Å². The molecule has 3 aliphatic rings. The molecule has 2 saturated heterocycles. The van der Waals surface area contributed by atoms with E-state index >= 15 is 0 Å². The van der Waals surface area contributed by atoms with Crippen molar-refractivity contribution in [2.45, 2.75) is 32.0 Å². The maximum absolute atomic E-state index is 13.0. The Morgan fingerprint density at radius 2 is 1.97 bits per heavy atom. The summed E-state index contributed by atoms with van der Waals surface area (Å²) in [5.41, 5.74) is 2.50. The number of imide groups is 1. The summed E-state index contributed by atoms with van der Waals surface area (Å²) in [7, 11) is 0. The van der Waals surface area contributed by atoms with Crippen LogP contribution in [-0.2, 0) is 22.7 Å². The average Bonchev–Trinajstić information content (AvgIpc) is 3.15. The van der Waals surface area contributed by atoms with Gasteiger partial charge in [0.1, 0.15) is 24.0 Å². The third kappa shape index (κ3) is 3.89. The zero-order valence-electron chi connectivity index (χ0n) is 17.6. The van der Waals surface area contributed by atoms with Gasteiger partial charge < -0.3 is 20.4 Å². The van der Waals surface area contributed by atoms with Gasteiger partial charge in [-0.3, -0.25) is 19.7 Å². The highest BCUT2D eigenvalue weighted by Crippen LogP contribution is 2.30. The minimum absolute atomic E-state index is 0.167. The molecule has 2 fully saturated rings. The van der Waals surface area contributed by atoms with Gasteiger partial charge in [-0.1, -0.05) is 12.1 Å². The lowest BCUT2D eigenvalue weighted by atomic mass is 10.0. The van der Waals surface area contributed by atoms with Crippen molar-refractivity contribution in [1.29, 1.82) is 0 Å². The molecule has 0 aliphatic carbocycles. The minimum atomic E-state index is -0.614. The predicted molar refractivity (Wildman–Crippen MR) is 117 cm³/mol. The highest BCUT2D eigenvalue weighted by Gasteiger charge is 2.39. The summed E-state index contributed by atoms with van der Waals surface area (Å²) >= 11 is 0. The fourth-order valence-corrected chi connectivity index (χ4v) is 4.51. The highest BCUT2D eigenvalue weighted by atomic mass is 16.2. The number of amides is 3. The fourth-order valence-electron chi connectivity index (χ4n) is 4.51. The van der Waals surface area contributed by atoms with Gasteiger partial charge in [0.05, 0.1) is 0 Å². The highest BCUT2D eigenvalue weighted by molar-refractivity contribution is 6.05. The van der Waals surface area contributed by atoms with Crippen molar-refractivity contribution < 1.29 is 14.4 Å². The topological polar surface area (TPSA) is 120 Å². The maximum Gasteiger partial charge on any atom is 0.255 e. The number of aromatic nitrogens is 2. The maximum atomic E-state index is 13.0. The van der Waals surface area contributed by atoms with Gasteiger partial charge in [-0.2, -0.15) is 0 Å². The lowest BCUT2D eigenvalue weighted by molar-refractivity contribution is -0.136. The number of carbonyl (C=O) groups excluding carboxylic acids is 3. The number of nitrogens with zero attached hydrogens (tertiary/aromatic N) is 4. The molecule has 0 radical (unpaired) electrons. The molecule has 1 unspecified atom stereocenters. The molecular formula is C22H25N7O3. The number of hydrogen-bond acceptors (Lipinski definition) is 8. The van der Waals surface area contributed by atoms with Crippen LogP contribution in [0, 0.1) is 0 Å². The molecule has 3 N–H and O–H groups in total. The smallest absolute Gasteiger partial charge is 0.255 e. The van der Waals surface area contributed by atoms with E-state index in [1.165, 1.54) is 0 Å². The van der Waals surface area contributed by atoms with Gasteiger partial charge in [-0.15, -0.1) is 0 Å². The van der Waals surface area contributed by atoms with Gasteiger partial charge in [0, 0.05) is 57.3 Å². The molecule has 0 spiro atoms. The Morgan fingerprint density at radius 3 is 2.78 bits per heavy atom. The monoisotopic (exact) mass is 435 g/mol. The van der Waals surface area contributed by atoms with Crippen LogP contribution in [0.25, 0.3) is 0 Å². The largest absolute Gasteiger partial charge is 0.366 e. The number of rotatable bonds is 5. The molecule has 1 atom stereocenters. The van der Waals surface area contributed by atoms with Gasteiger partial charge in [-0.25, -0.2) is 9.97 Å². The summed E-state index contributed by atoms with van der Waals surface area (Å²) in [6.07, 6.45) is 2.16. The first kappa shape index (κ1) is 20.4. The van der Waals surface area contributed by atoms with Crippen molar-refractivity contribution in [2.24, 2.45) is 0 Å². The Hall–Kier alpha value is -3.53.